The van der Waals surface area contributed by atoms with E-state index in [1.807, 2.05) is 85.8 Å². The molecule has 0 aliphatic carbocycles. The summed E-state index contributed by atoms with van der Waals surface area (Å²) < 4.78 is 17.1. The van der Waals surface area contributed by atoms with Crippen molar-refractivity contribution in [3.05, 3.63) is 95.6 Å². The van der Waals surface area contributed by atoms with E-state index in [1.165, 1.54) is 0 Å². The molecular formula is C26H29NO4. The highest BCUT2D eigenvalue weighted by Crippen LogP contribution is 2.30. The maximum absolute atomic E-state index is 11.7. The molecule has 1 atom stereocenters. The Balaban J connectivity index is 1.71. The van der Waals surface area contributed by atoms with Crippen LogP contribution in [-0.2, 0) is 24.4 Å². The van der Waals surface area contributed by atoms with Crippen molar-refractivity contribution in [2.45, 2.75) is 39.5 Å². The Hall–Kier alpha value is -3.47. The minimum absolute atomic E-state index is 0.0721. The van der Waals surface area contributed by atoms with Crippen LogP contribution in [0.5, 0.6) is 11.5 Å². The zero-order chi connectivity index (χ0) is 21.9. The number of nitrogens with one attached hydrogen (secondary N) is 1. The molecule has 0 saturated heterocycles. The molecule has 0 spiro atoms. The zero-order valence-electron chi connectivity index (χ0n) is 18.0. The van der Waals surface area contributed by atoms with Gasteiger partial charge < -0.3 is 19.5 Å². The second-order valence-corrected chi connectivity index (χ2v) is 7.30. The maximum Gasteiger partial charge on any atom is 0.407 e. The highest BCUT2D eigenvalue weighted by atomic mass is 16.5. The normalized spacial score (nSPS) is 11.4. The van der Waals surface area contributed by atoms with E-state index >= 15 is 0 Å². The van der Waals surface area contributed by atoms with Crippen LogP contribution in [0.1, 0.15) is 30.5 Å². The van der Waals surface area contributed by atoms with Crippen LogP contribution < -0.4 is 14.8 Å². The molecule has 0 saturated carbocycles. The molecule has 1 amide bonds. The van der Waals surface area contributed by atoms with Crippen LogP contribution in [0, 0.1) is 0 Å². The number of carbonyl (C=O) groups is 1. The minimum atomic E-state index is -0.404. The Kier molecular flexibility index (Phi) is 8.35. The second kappa shape index (κ2) is 11.6. The van der Waals surface area contributed by atoms with Gasteiger partial charge in [0.15, 0.2) is 11.5 Å². The van der Waals surface area contributed by atoms with Gasteiger partial charge in [0.2, 0.25) is 0 Å². The van der Waals surface area contributed by atoms with E-state index in [2.05, 4.69) is 5.32 Å². The number of hydrogen-bond acceptors (Lipinski definition) is 4. The van der Waals surface area contributed by atoms with Crippen LogP contribution in [0.3, 0.4) is 0 Å². The molecule has 1 N–H and O–H groups in total. The lowest BCUT2D eigenvalue weighted by molar-refractivity contribution is 0.149. The first-order valence-electron chi connectivity index (χ1n) is 10.5. The van der Waals surface area contributed by atoms with Crippen LogP contribution in [0.4, 0.5) is 4.79 Å². The summed E-state index contributed by atoms with van der Waals surface area (Å²) in [5.41, 5.74) is 3.21. The van der Waals surface area contributed by atoms with Gasteiger partial charge in [-0.25, -0.2) is 4.79 Å². The third-order valence-corrected chi connectivity index (χ3v) is 4.66. The quantitative estimate of drug-likeness (QED) is 0.470. The van der Waals surface area contributed by atoms with E-state index in [4.69, 9.17) is 14.2 Å². The lowest BCUT2D eigenvalue weighted by Crippen LogP contribution is -2.34. The molecule has 5 heteroatoms. The highest BCUT2D eigenvalue weighted by molar-refractivity contribution is 5.67. The van der Waals surface area contributed by atoms with Crippen molar-refractivity contribution in [3.63, 3.8) is 0 Å². The fourth-order valence-electron chi connectivity index (χ4n) is 3.16. The van der Waals surface area contributed by atoms with Crippen molar-refractivity contribution >= 4 is 6.09 Å². The van der Waals surface area contributed by atoms with Crippen LogP contribution >= 0.6 is 0 Å². The SMILES string of the molecule is CCOC(=O)N[C@H](C)Cc1ccc(OCc2ccccc2)c(OCc2ccccc2)c1. The van der Waals surface area contributed by atoms with Crippen LogP contribution in [0.2, 0.25) is 0 Å². The molecule has 0 heterocycles. The first-order chi connectivity index (χ1) is 15.1. The van der Waals surface area contributed by atoms with E-state index in [0.717, 1.165) is 16.7 Å². The molecule has 162 valence electrons. The van der Waals surface area contributed by atoms with Crippen LogP contribution in [0.25, 0.3) is 0 Å². The van der Waals surface area contributed by atoms with Crippen LogP contribution in [0.15, 0.2) is 78.9 Å². The average Bonchev–Trinajstić information content (AvgIpc) is 2.78. The molecule has 3 aromatic carbocycles. The second-order valence-electron chi connectivity index (χ2n) is 7.30. The Bertz CT molecular complexity index is 944. The fraction of sp³-hybridized carbons (Fsp3) is 0.269. The van der Waals surface area contributed by atoms with E-state index in [1.54, 1.807) is 6.92 Å². The van der Waals surface area contributed by atoms with Gasteiger partial charge in [-0.2, -0.15) is 0 Å². The number of ether oxygens (including phenoxy) is 3. The maximum atomic E-state index is 11.7. The molecule has 31 heavy (non-hydrogen) atoms. The molecule has 0 aliphatic rings. The molecule has 3 aromatic rings. The average molecular weight is 420 g/mol. The molecule has 0 aromatic heterocycles. The number of hydrogen-bond donors (Lipinski definition) is 1. The fourth-order valence-corrected chi connectivity index (χ4v) is 3.16. The Morgan fingerprint density at radius 2 is 1.39 bits per heavy atom. The predicted octanol–water partition coefficient (Wildman–Crippen LogP) is 5.52. The predicted molar refractivity (Wildman–Crippen MR) is 121 cm³/mol. The summed E-state index contributed by atoms with van der Waals surface area (Å²) in [4.78, 5) is 11.7. The van der Waals surface area contributed by atoms with Crippen molar-refractivity contribution in [2.75, 3.05) is 6.61 Å². The van der Waals surface area contributed by atoms with Crippen molar-refractivity contribution in [1.82, 2.24) is 5.32 Å². The Morgan fingerprint density at radius 3 is 1.97 bits per heavy atom. The smallest absolute Gasteiger partial charge is 0.407 e. The minimum Gasteiger partial charge on any atom is -0.485 e. The largest absolute Gasteiger partial charge is 0.485 e. The van der Waals surface area contributed by atoms with Gasteiger partial charge in [-0.05, 0) is 49.1 Å². The first kappa shape index (κ1) is 22.2. The molecule has 0 fully saturated rings. The first-order valence-corrected chi connectivity index (χ1v) is 10.5. The Labute approximate surface area is 184 Å². The Morgan fingerprint density at radius 1 is 0.806 bits per heavy atom. The van der Waals surface area contributed by atoms with E-state index < -0.39 is 6.09 Å². The van der Waals surface area contributed by atoms with Crippen molar-refractivity contribution in [2.24, 2.45) is 0 Å². The molecule has 0 aliphatic heterocycles. The highest BCUT2D eigenvalue weighted by Gasteiger charge is 2.12. The molecule has 0 unspecified atom stereocenters. The third-order valence-electron chi connectivity index (χ3n) is 4.66. The van der Waals surface area contributed by atoms with E-state index in [9.17, 15) is 4.79 Å². The molecule has 0 bridgehead atoms. The zero-order valence-corrected chi connectivity index (χ0v) is 18.0. The van der Waals surface area contributed by atoms with Crippen molar-refractivity contribution in [1.29, 1.82) is 0 Å². The van der Waals surface area contributed by atoms with Gasteiger partial charge in [0.05, 0.1) is 6.61 Å². The number of amides is 1. The monoisotopic (exact) mass is 419 g/mol. The summed E-state index contributed by atoms with van der Waals surface area (Å²) in [6.45, 7) is 4.99. The summed E-state index contributed by atoms with van der Waals surface area (Å²) in [5.74, 6) is 1.37. The van der Waals surface area contributed by atoms with Gasteiger partial charge in [0.25, 0.3) is 0 Å². The van der Waals surface area contributed by atoms with Gasteiger partial charge in [-0.15, -0.1) is 0 Å². The lowest BCUT2D eigenvalue weighted by Gasteiger charge is -2.17. The molecule has 0 radical (unpaired) electrons. The number of carbonyl (C=O) groups excluding carboxylic acids is 1. The number of benzene rings is 3. The summed E-state index contributed by atoms with van der Waals surface area (Å²) in [6, 6.07) is 25.9. The van der Waals surface area contributed by atoms with E-state index in [0.29, 0.717) is 37.7 Å². The number of rotatable bonds is 10. The van der Waals surface area contributed by atoms with Gasteiger partial charge in [0, 0.05) is 6.04 Å². The molecular weight excluding hydrogens is 390 g/mol. The molecule has 3 rings (SSSR count). The third kappa shape index (κ3) is 7.37. The van der Waals surface area contributed by atoms with Crippen LogP contribution in [-0.4, -0.2) is 18.7 Å². The lowest BCUT2D eigenvalue weighted by atomic mass is 10.1. The summed E-state index contributed by atoms with van der Waals surface area (Å²) >= 11 is 0. The summed E-state index contributed by atoms with van der Waals surface area (Å²) in [6.07, 6.45) is 0.248. The van der Waals surface area contributed by atoms with Crippen molar-refractivity contribution in [3.8, 4) is 11.5 Å². The van der Waals surface area contributed by atoms with Crippen molar-refractivity contribution < 1.29 is 19.0 Å². The van der Waals surface area contributed by atoms with Gasteiger partial charge in [0.1, 0.15) is 13.2 Å². The summed E-state index contributed by atoms with van der Waals surface area (Å²) in [5, 5.41) is 2.83. The summed E-state index contributed by atoms with van der Waals surface area (Å²) in [7, 11) is 0. The topological polar surface area (TPSA) is 56.8 Å². The standard InChI is InChI=1S/C26H29NO4/c1-3-29-26(28)27-20(2)16-23-14-15-24(30-18-21-10-6-4-7-11-21)25(17-23)31-19-22-12-8-5-9-13-22/h4-15,17,20H,3,16,18-19H2,1-2H3,(H,27,28)/t20-/m1/s1. The number of alkyl carbamates (subject to hydrolysis) is 1. The van der Waals surface area contributed by atoms with Gasteiger partial charge in [-0.1, -0.05) is 66.7 Å². The molecule has 5 nitrogen and oxygen atoms in total. The van der Waals surface area contributed by atoms with Gasteiger partial charge in [-0.3, -0.25) is 0 Å². The van der Waals surface area contributed by atoms with Gasteiger partial charge >= 0.3 is 6.09 Å². The van der Waals surface area contributed by atoms with E-state index in [-0.39, 0.29) is 6.04 Å².